The van der Waals surface area contributed by atoms with Gasteiger partial charge in [0.1, 0.15) is 13.2 Å². The molecule has 0 amide bonds. The van der Waals surface area contributed by atoms with E-state index in [1.54, 1.807) is 0 Å². The SMILES string of the molecule is CC/C=C\C/C=C\C/C=C\CCCCCC(=O)OCC(COC(=O)CCCCCCCCCCCCCCCCCCCCCCCCCCCC)OC(=O)CCCCCCCCCCC/C=C\C/C=C\CCCCCCC. The molecule has 0 aliphatic carbocycles. The molecule has 0 bridgehead atoms. The molecule has 0 fully saturated rings. The van der Waals surface area contributed by atoms with Crippen LogP contribution < -0.4 is 0 Å². The summed E-state index contributed by atoms with van der Waals surface area (Å²) in [6.07, 6.45) is 85.4. The van der Waals surface area contributed by atoms with E-state index in [1.165, 1.54) is 231 Å². The van der Waals surface area contributed by atoms with Gasteiger partial charge in [-0.3, -0.25) is 14.4 Å². The molecule has 454 valence electrons. The van der Waals surface area contributed by atoms with Crippen molar-refractivity contribution in [2.75, 3.05) is 13.2 Å². The quantitative estimate of drug-likeness (QED) is 0.0261. The standard InChI is InChI=1S/C72H130O6/c1-4-7-10-13-16-19-22-25-27-29-31-33-34-35-36-37-39-40-42-44-47-50-53-56-59-62-65-71(74)77-68-69(67-76-70(73)64-61-58-55-52-49-46-24-21-18-15-12-9-6-3)78-72(75)66-63-60-57-54-51-48-45-43-41-38-32-30-28-26-23-20-17-14-11-8-5-2/h9,12,18,21,23,26,30,32,46,49,69H,4-8,10-11,13-17,19-20,22,24-25,27-29,31,33-45,47-48,50-68H2,1-3H3/b12-9-,21-18-,26-23-,32-30-,49-46-. The molecule has 0 aliphatic heterocycles. The molecule has 0 saturated heterocycles. The summed E-state index contributed by atoms with van der Waals surface area (Å²) in [6, 6.07) is 0. The molecule has 1 unspecified atom stereocenters. The van der Waals surface area contributed by atoms with Gasteiger partial charge in [0.05, 0.1) is 0 Å². The summed E-state index contributed by atoms with van der Waals surface area (Å²) in [5, 5.41) is 0. The van der Waals surface area contributed by atoms with Crippen LogP contribution in [0, 0.1) is 0 Å². The van der Waals surface area contributed by atoms with Gasteiger partial charge in [0.25, 0.3) is 0 Å². The molecule has 0 aromatic heterocycles. The number of hydrogen-bond donors (Lipinski definition) is 0. The van der Waals surface area contributed by atoms with Gasteiger partial charge in [-0.25, -0.2) is 0 Å². The summed E-state index contributed by atoms with van der Waals surface area (Å²) in [4.78, 5) is 38.4. The Balaban J connectivity index is 4.25. The molecule has 0 N–H and O–H groups in total. The number of allylic oxidation sites excluding steroid dienone is 10. The summed E-state index contributed by atoms with van der Waals surface area (Å²) in [7, 11) is 0. The van der Waals surface area contributed by atoms with Crippen LogP contribution >= 0.6 is 0 Å². The molecule has 0 heterocycles. The third-order valence-electron chi connectivity index (χ3n) is 15.3. The summed E-state index contributed by atoms with van der Waals surface area (Å²) in [5.41, 5.74) is 0. The van der Waals surface area contributed by atoms with E-state index < -0.39 is 6.10 Å². The first-order valence-corrected chi connectivity index (χ1v) is 34.3. The van der Waals surface area contributed by atoms with Crippen LogP contribution in [0.15, 0.2) is 60.8 Å². The van der Waals surface area contributed by atoms with Crippen LogP contribution in [0.5, 0.6) is 0 Å². The maximum absolute atomic E-state index is 12.9. The van der Waals surface area contributed by atoms with E-state index >= 15 is 0 Å². The Morgan fingerprint density at radius 3 is 0.795 bits per heavy atom. The highest BCUT2D eigenvalue weighted by atomic mass is 16.6. The lowest BCUT2D eigenvalue weighted by molar-refractivity contribution is -0.167. The molecule has 0 rings (SSSR count). The van der Waals surface area contributed by atoms with E-state index in [2.05, 4.69) is 81.5 Å². The molecule has 0 aliphatic rings. The van der Waals surface area contributed by atoms with Gasteiger partial charge in [-0.15, -0.1) is 0 Å². The highest BCUT2D eigenvalue weighted by Crippen LogP contribution is 2.18. The number of unbranched alkanes of at least 4 members (excludes halogenated alkanes) is 42. The van der Waals surface area contributed by atoms with Gasteiger partial charge in [0.15, 0.2) is 6.10 Å². The average molecular weight is 1090 g/mol. The van der Waals surface area contributed by atoms with E-state index in [0.717, 1.165) is 89.9 Å². The largest absolute Gasteiger partial charge is 0.462 e. The minimum Gasteiger partial charge on any atom is -0.462 e. The Hall–Kier alpha value is -2.89. The molecule has 0 radical (unpaired) electrons. The van der Waals surface area contributed by atoms with Gasteiger partial charge in [-0.05, 0) is 83.5 Å². The molecule has 6 heteroatoms. The summed E-state index contributed by atoms with van der Waals surface area (Å²) in [5.74, 6) is -0.897. The maximum Gasteiger partial charge on any atom is 0.306 e. The fourth-order valence-corrected chi connectivity index (χ4v) is 10.1. The van der Waals surface area contributed by atoms with Crippen molar-refractivity contribution in [3.05, 3.63) is 60.8 Å². The molecule has 78 heavy (non-hydrogen) atoms. The highest BCUT2D eigenvalue weighted by molar-refractivity contribution is 5.71. The van der Waals surface area contributed by atoms with Crippen molar-refractivity contribution < 1.29 is 28.6 Å². The Morgan fingerprint density at radius 2 is 0.500 bits per heavy atom. The van der Waals surface area contributed by atoms with E-state index in [0.29, 0.717) is 19.3 Å². The van der Waals surface area contributed by atoms with Gasteiger partial charge >= 0.3 is 17.9 Å². The first kappa shape index (κ1) is 75.1. The van der Waals surface area contributed by atoms with Gasteiger partial charge in [0.2, 0.25) is 0 Å². The van der Waals surface area contributed by atoms with Crippen molar-refractivity contribution >= 4 is 17.9 Å². The Labute approximate surface area is 485 Å². The van der Waals surface area contributed by atoms with Gasteiger partial charge in [-0.1, -0.05) is 319 Å². The number of carbonyl (C=O) groups is 3. The summed E-state index contributed by atoms with van der Waals surface area (Å²) < 4.78 is 16.9. The lowest BCUT2D eigenvalue weighted by Gasteiger charge is -2.18. The predicted octanol–water partition coefficient (Wildman–Crippen LogP) is 23.5. The van der Waals surface area contributed by atoms with E-state index in [4.69, 9.17) is 14.2 Å². The molecule has 6 nitrogen and oxygen atoms in total. The monoisotopic (exact) mass is 1090 g/mol. The number of ether oxygens (including phenoxy) is 3. The van der Waals surface area contributed by atoms with Crippen LogP contribution in [0.2, 0.25) is 0 Å². The predicted molar refractivity (Wildman–Crippen MR) is 339 cm³/mol. The second-order valence-corrected chi connectivity index (χ2v) is 23.1. The zero-order chi connectivity index (χ0) is 56.4. The van der Waals surface area contributed by atoms with Gasteiger partial charge in [-0.2, -0.15) is 0 Å². The third kappa shape index (κ3) is 63.9. The fourth-order valence-electron chi connectivity index (χ4n) is 10.1. The number of hydrogen-bond acceptors (Lipinski definition) is 6. The van der Waals surface area contributed by atoms with E-state index in [9.17, 15) is 14.4 Å². The molecule has 0 spiro atoms. The summed E-state index contributed by atoms with van der Waals surface area (Å²) in [6.45, 7) is 6.54. The van der Waals surface area contributed by atoms with Crippen LogP contribution in [-0.4, -0.2) is 37.2 Å². The first-order valence-electron chi connectivity index (χ1n) is 34.3. The lowest BCUT2D eigenvalue weighted by atomic mass is 10.0. The van der Waals surface area contributed by atoms with Crippen LogP contribution in [-0.2, 0) is 28.6 Å². The normalized spacial score (nSPS) is 12.4. The van der Waals surface area contributed by atoms with E-state index in [-0.39, 0.29) is 31.1 Å². The molecular weight excluding hydrogens is 961 g/mol. The second-order valence-electron chi connectivity index (χ2n) is 23.1. The maximum atomic E-state index is 12.9. The first-order chi connectivity index (χ1) is 38.5. The molecular formula is C72H130O6. The Bertz CT molecular complexity index is 1390. The zero-order valence-electron chi connectivity index (χ0n) is 52.2. The van der Waals surface area contributed by atoms with Gasteiger partial charge < -0.3 is 14.2 Å². The van der Waals surface area contributed by atoms with Crippen molar-refractivity contribution in [3.63, 3.8) is 0 Å². The fraction of sp³-hybridized carbons (Fsp3) is 0.819. The Morgan fingerprint density at radius 1 is 0.269 bits per heavy atom. The highest BCUT2D eigenvalue weighted by Gasteiger charge is 2.19. The van der Waals surface area contributed by atoms with Crippen molar-refractivity contribution in [3.8, 4) is 0 Å². The number of rotatable bonds is 63. The zero-order valence-corrected chi connectivity index (χ0v) is 52.2. The molecule has 0 aromatic rings. The van der Waals surface area contributed by atoms with Crippen LogP contribution in [0.3, 0.4) is 0 Å². The minimum atomic E-state index is -0.789. The Kier molecular flexibility index (Phi) is 64.2. The summed E-state index contributed by atoms with van der Waals surface area (Å²) >= 11 is 0. The number of esters is 3. The van der Waals surface area contributed by atoms with Crippen molar-refractivity contribution in [2.45, 2.75) is 367 Å². The topological polar surface area (TPSA) is 78.9 Å². The van der Waals surface area contributed by atoms with Crippen LogP contribution in [0.1, 0.15) is 361 Å². The van der Waals surface area contributed by atoms with Crippen molar-refractivity contribution in [2.24, 2.45) is 0 Å². The third-order valence-corrected chi connectivity index (χ3v) is 15.3. The smallest absolute Gasteiger partial charge is 0.306 e. The van der Waals surface area contributed by atoms with E-state index in [1.807, 2.05) is 0 Å². The molecule has 1 atom stereocenters. The lowest BCUT2D eigenvalue weighted by Crippen LogP contribution is -2.30. The molecule has 0 saturated carbocycles. The van der Waals surface area contributed by atoms with Crippen molar-refractivity contribution in [1.29, 1.82) is 0 Å². The average Bonchev–Trinajstić information content (AvgIpc) is 3.44. The van der Waals surface area contributed by atoms with Crippen molar-refractivity contribution in [1.82, 2.24) is 0 Å². The number of carbonyl (C=O) groups excluding carboxylic acids is 3. The van der Waals surface area contributed by atoms with Crippen LogP contribution in [0.25, 0.3) is 0 Å². The molecule has 0 aromatic carbocycles. The minimum absolute atomic E-state index is 0.0821. The second kappa shape index (κ2) is 66.6. The van der Waals surface area contributed by atoms with Crippen LogP contribution in [0.4, 0.5) is 0 Å². The van der Waals surface area contributed by atoms with Gasteiger partial charge in [0, 0.05) is 19.3 Å².